The number of nitrogens with zero attached hydrogens (tertiary/aromatic N) is 1. The van der Waals surface area contributed by atoms with Crippen molar-refractivity contribution in [3.05, 3.63) is 29.8 Å². The van der Waals surface area contributed by atoms with Crippen LogP contribution in [0.25, 0.3) is 0 Å². The van der Waals surface area contributed by atoms with E-state index in [1.165, 1.54) is 12.7 Å². The van der Waals surface area contributed by atoms with Gasteiger partial charge in [-0.25, -0.2) is 0 Å². The molecule has 0 N–H and O–H groups in total. The molecular formula is C19H27NO3S. The van der Waals surface area contributed by atoms with Gasteiger partial charge in [-0.05, 0) is 36.0 Å². The van der Waals surface area contributed by atoms with Crippen molar-refractivity contribution in [1.82, 2.24) is 4.90 Å². The Hall–Kier alpha value is -1.49. The van der Waals surface area contributed by atoms with Crippen LogP contribution in [0.4, 0.5) is 0 Å². The smallest absolute Gasteiger partial charge is 0.308 e. The number of methoxy groups -OCH3 is 1. The van der Waals surface area contributed by atoms with E-state index in [0.717, 1.165) is 4.90 Å². The van der Waals surface area contributed by atoms with Crippen LogP contribution in [0.3, 0.4) is 0 Å². The van der Waals surface area contributed by atoms with Crippen molar-refractivity contribution in [3.63, 3.8) is 0 Å². The number of carbonyl (C=O) groups is 2. The maximum Gasteiger partial charge on any atom is 0.308 e. The lowest BCUT2D eigenvalue weighted by Crippen LogP contribution is -2.41. The molecule has 1 saturated heterocycles. The molecule has 1 aromatic rings. The lowest BCUT2D eigenvalue weighted by molar-refractivity contribution is -0.148. The van der Waals surface area contributed by atoms with Gasteiger partial charge in [0.25, 0.3) is 0 Å². The average molecular weight is 349 g/mol. The molecule has 1 aliphatic heterocycles. The Morgan fingerprint density at radius 1 is 1.17 bits per heavy atom. The third kappa shape index (κ3) is 5.00. The zero-order chi connectivity index (χ0) is 17.7. The van der Waals surface area contributed by atoms with Gasteiger partial charge in [-0.1, -0.05) is 32.9 Å². The van der Waals surface area contributed by atoms with Gasteiger partial charge in [0.05, 0.1) is 18.8 Å². The number of likely N-dealkylation sites (tertiary alicyclic amines) is 1. The molecule has 0 aliphatic carbocycles. The van der Waals surface area contributed by atoms with Gasteiger partial charge in [-0.15, -0.1) is 11.8 Å². The van der Waals surface area contributed by atoms with Crippen LogP contribution in [0, 0.1) is 5.92 Å². The van der Waals surface area contributed by atoms with E-state index in [4.69, 9.17) is 4.74 Å². The van der Waals surface area contributed by atoms with Gasteiger partial charge in [0.1, 0.15) is 0 Å². The number of esters is 1. The molecule has 1 aromatic carbocycles. The highest BCUT2D eigenvalue weighted by Gasteiger charge is 2.27. The maximum atomic E-state index is 12.3. The van der Waals surface area contributed by atoms with Crippen molar-refractivity contribution in [1.29, 1.82) is 0 Å². The molecule has 0 aromatic heterocycles. The first-order valence-corrected chi connectivity index (χ1v) is 9.39. The van der Waals surface area contributed by atoms with Crippen molar-refractivity contribution in [2.75, 3.05) is 26.0 Å². The number of hydrogen-bond acceptors (Lipinski definition) is 4. The summed E-state index contributed by atoms with van der Waals surface area (Å²) in [6.45, 7) is 7.86. The second-order valence-electron chi connectivity index (χ2n) is 7.24. The summed E-state index contributed by atoms with van der Waals surface area (Å²) < 4.78 is 4.78. The number of carbonyl (C=O) groups excluding carboxylic acids is 2. The van der Waals surface area contributed by atoms with Crippen LogP contribution in [-0.4, -0.2) is 42.7 Å². The Bertz CT molecular complexity index is 569. The van der Waals surface area contributed by atoms with E-state index >= 15 is 0 Å². The van der Waals surface area contributed by atoms with Crippen molar-refractivity contribution in [2.24, 2.45) is 5.92 Å². The van der Waals surface area contributed by atoms with Crippen molar-refractivity contribution < 1.29 is 14.3 Å². The van der Waals surface area contributed by atoms with Gasteiger partial charge in [-0.2, -0.15) is 0 Å². The number of benzene rings is 1. The van der Waals surface area contributed by atoms with E-state index in [1.807, 2.05) is 4.90 Å². The Morgan fingerprint density at radius 3 is 2.25 bits per heavy atom. The fourth-order valence-corrected chi connectivity index (χ4v) is 3.62. The van der Waals surface area contributed by atoms with Gasteiger partial charge >= 0.3 is 5.97 Å². The van der Waals surface area contributed by atoms with Crippen molar-refractivity contribution >= 4 is 23.6 Å². The SMILES string of the molecule is COC(=O)C1CCN(C(=O)CSc2ccc(C(C)(C)C)cc2)CC1. The van der Waals surface area contributed by atoms with E-state index < -0.39 is 0 Å². The van der Waals surface area contributed by atoms with E-state index in [0.29, 0.717) is 31.7 Å². The Kier molecular flexibility index (Phi) is 6.33. The molecule has 132 valence electrons. The van der Waals surface area contributed by atoms with Crippen LogP contribution >= 0.6 is 11.8 Å². The minimum Gasteiger partial charge on any atom is -0.469 e. The second kappa shape index (κ2) is 8.06. The fourth-order valence-electron chi connectivity index (χ4n) is 2.82. The zero-order valence-electron chi connectivity index (χ0n) is 15.0. The average Bonchev–Trinajstić information content (AvgIpc) is 2.58. The van der Waals surface area contributed by atoms with Crippen molar-refractivity contribution in [3.8, 4) is 0 Å². The monoisotopic (exact) mass is 349 g/mol. The number of rotatable bonds is 4. The maximum absolute atomic E-state index is 12.3. The highest BCUT2D eigenvalue weighted by atomic mass is 32.2. The molecule has 24 heavy (non-hydrogen) atoms. The summed E-state index contributed by atoms with van der Waals surface area (Å²) in [7, 11) is 1.42. The predicted molar refractivity (Wildman–Crippen MR) is 97.2 cm³/mol. The van der Waals surface area contributed by atoms with Crippen LogP contribution in [0.1, 0.15) is 39.2 Å². The first-order valence-electron chi connectivity index (χ1n) is 8.40. The highest BCUT2D eigenvalue weighted by Crippen LogP contribution is 2.26. The minimum absolute atomic E-state index is 0.0587. The third-order valence-electron chi connectivity index (χ3n) is 4.46. The zero-order valence-corrected chi connectivity index (χ0v) is 15.8. The molecule has 2 rings (SSSR count). The quantitative estimate of drug-likeness (QED) is 0.617. The van der Waals surface area contributed by atoms with Crippen LogP contribution in [-0.2, 0) is 19.7 Å². The van der Waals surface area contributed by atoms with Crippen LogP contribution in [0.15, 0.2) is 29.2 Å². The normalized spacial score (nSPS) is 16.1. The molecule has 0 atom stereocenters. The Morgan fingerprint density at radius 2 is 1.75 bits per heavy atom. The van der Waals surface area contributed by atoms with E-state index in [9.17, 15) is 9.59 Å². The summed E-state index contributed by atoms with van der Waals surface area (Å²) in [4.78, 5) is 26.8. The lowest BCUT2D eigenvalue weighted by atomic mass is 9.87. The molecular weight excluding hydrogens is 322 g/mol. The number of piperidine rings is 1. The standard InChI is InChI=1S/C19H27NO3S/c1-19(2,3)15-5-7-16(8-6-15)24-13-17(21)20-11-9-14(10-12-20)18(22)23-4/h5-8,14H,9-13H2,1-4H3. The number of hydrogen-bond donors (Lipinski definition) is 0. The molecule has 1 aliphatic rings. The van der Waals surface area contributed by atoms with Crippen LogP contribution in [0.5, 0.6) is 0 Å². The summed E-state index contributed by atoms with van der Waals surface area (Å²) in [6, 6.07) is 8.44. The largest absolute Gasteiger partial charge is 0.469 e. The number of ether oxygens (including phenoxy) is 1. The molecule has 0 bridgehead atoms. The summed E-state index contributed by atoms with van der Waals surface area (Å²) >= 11 is 1.57. The fraction of sp³-hybridized carbons (Fsp3) is 0.579. The molecule has 4 nitrogen and oxygen atoms in total. The van der Waals surface area contributed by atoms with Gasteiger partial charge in [0.15, 0.2) is 0 Å². The summed E-state index contributed by atoms with van der Waals surface area (Å²) in [5, 5.41) is 0. The predicted octanol–water partition coefficient (Wildman–Crippen LogP) is 3.49. The Balaban J connectivity index is 1.80. The molecule has 1 heterocycles. The van der Waals surface area contributed by atoms with Crippen molar-refractivity contribution in [2.45, 2.75) is 43.9 Å². The van der Waals surface area contributed by atoms with Crippen LogP contribution in [0.2, 0.25) is 0 Å². The highest BCUT2D eigenvalue weighted by molar-refractivity contribution is 8.00. The Labute approximate surface area is 148 Å². The van der Waals surface area contributed by atoms with Gasteiger partial charge in [0, 0.05) is 18.0 Å². The molecule has 0 unspecified atom stereocenters. The topological polar surface area (TPSA) is 46.6 Å². The van der Waals surface area contributed by atoms with Gasteiger partial charge in [-0.3, -0.25) is 9.59 Å². The first-order chi connectivity index (χ1) is 11.3. The van der Waals surface area contributed by atoms with E-state index in [2.05, 4.69) is 45.0 Å². The van der Waals surface area contributed by atoms with E-state index in [1.54, 1.807) is 11.8 Å². The summed E-state index contributed by atoms with van der Waals surface area (Å²) in [6.07, 6.45) is 1.40. The molecule has 1 fully saturated rings. The summed E-state index contributed by atoms with van der Waals surface area (Å²) in [5.74, 6) is 0.368. The number of amides is 1. The van der Waals surface area contributed by atoms with Crippen LogP contribution < -0.4 is 0 Å². The molecule has 0 radical (unpaired) electrons. The number of thioether (sulfide) groups is 1. The third-order valence-corrected chi connectivity index (χ3v) is 5.46. The first kappa shape index (κ1) is 18.8. The van der Waals surface area contributed by atoms with Gasteiger partial charge in [0.2, 0.25) is 5.91 Å². The summed E-state index contributed by atoms with van der Waals surface area (Å²) in [5.41, 5.74) is 1.44. The lowest BCUT2D eigenvalue weighted by Gasteiger charge is -2.30. The molecule has 1 amide bonds. The molecule has 5 heteroatoms. The van der Waals surface area contributed by atoms with E-state index in [-0.39, 0.29) is 23.2 Å². The second-order valence-corrected chi connectivity index (χ2v) is 8.29. The molecule has 0 spiro atoms. The minimum atomic E-state index is -0.157. The molecule has 0 saturated carbocycles. The van der Waals surface area contributed by atoms with Gasteiger partial charge < -0.3 is 9.64 Å².